The van der Waals surface area contributed by atoms with Gasteiger partial charge in [0.2, 0.25) is 0 Å². The summed E-state index contributed by atoms with van der Waals surface area (Å²) < 4.78 is 0. The van der Waals surface area contributed by atoms with Gasteiger partial charge in [0.15, 0.2) is 0 Å². The van der Waals surface area contributed by atoms with Crippen LogP contribution in [0.2, 0.25) is 0 Å². The third kappa shape index (κ3) is 91.2. The second kappa shape index (κ2) is 53.2. The summed E-state index contributed by atoms with van der Waals surface area (Å²) in [7, 11) is 0. The van der Waals surface area contributed by atoms with Crippen LogP contribution >= 0.6 is 0 Å². The van der Waals surface area contributed by atoms with Gasteiger partial charge in [0.05, 0.1) is 0 Å². The minimum atomic E-state index is -0.932. The molecule has 0 atom stereocenters. The van der Waals surface area contributed by atoms with E-state index in [1.54, 1.807) is 0 Å². The average molecular weight is 553 g/mol. The van der Waals surface area contributed by atoms with Crippen LogP contribution in [0, 0.1) is 0 Å². The second-order valence-corrected chi connectivity index (χ2v) is 7.32. The van der Waals surface area contributed by atoms with E-state index in [0.29, 0.717) is 0 Å². The monoisotopic (exact) mass is 552 g/mol. The fraction of sp³-hybridized carbons (Fsp3) is 0.833. The van der Waals surface area contributed by atoms with Crippen molar-refractivity contribution in [1.82, 2.24) is 0 Å². The van der Waals surface area contributed by atoms with Gasteiger partial charge in [0.25, 0.3) is 0 Å². The SMILES string of the molecule is CCCCCC(=O)[O-].CCCCCC(=O)[O-].CCCCCC(=O)[O-].CCCCCC(=O)[O-].[Na+].[Na+].[Na+].[Na+]. The van der Waals surface area contributed by atoms with E-state index in [4.69, 9.17) is 0 Å². The first-order chi connectivity index (χ1) is 15.1. The molecule has 0 N–H and O–H groups in total. The topological polar surface area (TPSA) is 161 Å². The molecule has 192 valence electrons. The van der Waals surface area contributed by atoms with Crippen LogP contribution in [-0.2, 0) is 19.2 Å². The molecule has 0 spiro atoms. The van der Waals surface area contributed by atoms with Gasteiger partial charge in [-0.2, -0.15) is 0 Å². The number of aliphatic carboxylic acids is 4. The Balaban J connectivity index is -0.0000000467. The number of carbonyl (C=O) groups is 4. The molecule has 0 radical (unpaired) electrons. The molecule has 0 unspecified atom stereocenters. The van der Waals surface area contributed by atoms with Crippen molar-refractivity contribution in [3.63, 3.8) is 0 Å². The summed E-state index contributed by atoms with van der Waals surface area (Å²) in [6, 6.07) is 0. The molecule has 0 saturated heterocycles. The van der Waals surface area contributed by atoms with E-state index in [1.165, 1.54) is 0 Å². The summed E-state index contributed by atoms with van der Waals surface area (Å²) in [6.07, 6.45) is 12.1. The first-order valence-electron chi connectivity index (χ1n) is 11.9. The number of carboxylic acid groups (broad SMARTS) is 4. The molecule has 0 fully saturated rings. The van der Waals surface area contributed by atoms with Gasteiger partial charge in [-0.1, -0.05) is 79.1 Å². The predicted molar refractivity (Wildman–Crippen MR) is 117 cm³/mol. The van der Waals surface area contributed by atoms with Crippen molar-refractivity contribution >= 4 is 23.9 Å². The minimum absolute atomic E-state index is 0. The number of unbranched alkanes of at least 4 members (excludes halogenated alkanes) is 8. The van der Waals surface area contributed by atoms with Gasteiger partial charge in [-0.15, -0.1) is 0 Å². The van der Waals surface area contributed by atoms with Crippen molar-refractivity contribution < 1.29 is 158 Å². The third-order valence-electron chi connectivity index (χ3n) is 3.94. The Labute approximate surface area is 308 Å². The molecule has 0 saturated carbocycles. The fourth-order valence-corrected chi connectivity index (χ4v) is 2.08. The smallest absolute Gasteiger partial charge is 0.550 e. The third-order valence-corrected chi connectivity index (χ3v) is 3.94. The summed E-state index contributed by atoms with van der Waals surface area (Å²) in [5.41, 5.74) is 0. The van der Waals surface area contributed by atoms with E-state index in [-0.39, 0.29) is 144 Å². The van der Waals surface area contributed by atoms with Crippen LogP contribution < -0.4 is 139 Å². The molecule has 0 aliphatic heterocycles. The zero-order chi connectivity index (χ0) is 25.6. The van der Waals surface area contributed by atoms with Crippen LogP contribution in [0.5, 0.6) is 0 Å². The quantitative estimate of drug-likeness (QED) is 0.135. The molecule has 8 nitrogen and oxygen atoms in total. The molecular weight excluding hydrogens is 508 g/mol. The van der Waals surface area contributed by atoms with E-state index in [2.05, 4.69) is 0 Å². The Morgan fingerprint density at radius 2 is 0.500 bits per heavy atom. The van der Waals surface area contributed by atoms with Crippen LogP contribution in [0.4, 0.5) is 0 Å². The Hall–Kier alpha value is 1.88. The zero-order valence-corrected chi connectivity index (χ0v) is 32.6. The van der Waals surface area contributed by atoms with E-state index in [0.717, 1.165) is 77.0 Å². The van der Waals surface area contributed by atoms with Crippen molar-refractivity contribution in [2.24, 2.45) is 0 Å². The normalized spacial score (nSPS) is 8.11. The van der Waals surface area contributed by atoms with Gasteiger partial charge in [-0.3, -0.25) is 0 Å². The molecule has 0 amide bonds. The van der Waals surface area contributed by atoms with E-state index >= 15 is 0 Å². The first-order valence-corrected chi connectivity index (χ1v) is 11.9. The molecule has 12 heteroatoms. The van der Waals surface area contributed by atoms with E-state index in [1.807, 2.05) is 27.7 Å². The molecule has 0 aromatic heterocycles. The zero-order valence-electron chi connectivity index (χ0n) is 24.6. The first kappa shape index (κ1) is 57.7. The predicted octanol–water partition coefficient (Wildman–Crippen LogP) is -10.7. The van der Waals surface area contributed by atoms with Crippen LogP contribution in [0.1, 0.15) is 130 Å². The number of hydrogen-bond donors (Lipinski definition) is 0. The molecule has 0 bridgehead atoms. The van der Waals surface area contributed by atoms with Crippen molar-refractivity contribution in [1.29, 1.82) is 0 Å². The number of carbonyl (C=O) groups excluding carboxylic acids is 4. The molecule has 0 aromatic rings. The maximum absolute atomic E-state index is 9.76. The molecule has 0 aliphatic rings. The van der Waals surface area contributed by atoms with Crippen molar-refractivity contribution in [3.8, 4) is 0 Å². The largest absolute Gasteiger partial charge is 1.00 e. The summed E-state index contributed by atoms with van der Waals surface area (Å²) in [5.74, 6) is -3.73. The standard InChI is InChI=1S/4C6H12O2.4Na/c4*1-2-3-4-5-6(7)8;;;;/h4*2-5H2,1H3,(H,7,8);;;;/q;;;;4*+1/p-4. The van der Waals surface area contributed by atoms with Crippen LogP contribution in [0.15, 0.2) is 0 Å². The minimum Gasteiger partial charge on any atom is -0.550 e. The summed E-state index contributed by atoms with van der Waals surface area (Å²) in [4.78, 5) is 39.1. The Morgan fingerprint density at radius 3 is 0.583 bits per heavy atom. The van der Waals surface area contributed by atoms with Gasteiger partial charge < -0.3 is 39.6 Å². The Kier molecular flexibility index (Phi) is 85.2. The maximum Gasteiger partial charge on any atom is 1.00 e. The fourth-order valence-electron chi connectivity index (χ4n) is 2.08. The molecular formula is C24H44Na4O8. The van der Waals surface area contributed by atoms with Crippen molar-refractivity contribution in [3.05, 3.63) is 0 Å². The van der Waals surface area contributed by atoms with Gasteiger partial charge in [-0.05, 0) is 51.4 Å². The van der Waals surface area contributed by atoms with Crippen molar-refractivity contribution in [2.45, 2.75) is 130 Å². The number of hydrogen-bond acceptors (Lipinski definition) is 8. The number of rotatable bonds is 16. The summed E-state index contributed by atoms with van der Waals surface area (Å²) in [5, 5.41) is 39.1. The van der Waals surface area contributed by atoms with Crippen LogP contribution in [0.25, 0.3) is 0 Å². The maximum atomic E-state index is 9.76. The Bertz CT molecular complexity index is 374. The van der Waals surface area contributed by atoms with Crippen molar-refractivity contribution in [2.75, 3.05) is 0 Å². The molecule has 0 aliphatic carbocycles. The average Bonchev–Trinajstić information content (AvgIpc) is 2.69. The van der Waals surface area contributed by atoms with E-state index < -0.39 is 23.9 Å². The van der Waals surface area contributed by atoms with Crippen LogP contribution in [-0.4, -0.2) is 23.9 Å². The summed E-state index contributed by atoms with van der Waals surface area (Å²) >= 11 is 0. The number of carboxylic acids is 4. The van der Waals surface area contributed by atoms with Gasteiger partial charge in [-0.25, -0.2) is 0 Å². The molecule has 0 rings (SSSR count). The van der Waals surface area contributed by atoms with Gasteiger partial charge in [0.1, 0.15) is 0 Å². The molecule has 36 heavy (non-hydrogen) atoms. The molecule has 0 heterocycles. The van der Waals surface area contributed by atoms with E-state index in [9.17, 15) is 39.6 Å². The van der Waals surface area contributed by atoms with Gasteiger partial charge >= 0.3 is 118 Å². The second-order valence-electron chi connectivity index (χ2n) is 7.32. The van der Waals surface area contributed by atoms with Gasteiger partial charge in [0, 0.05) is 23.9 Å². The molecule has 0 aromatic carbocycles. The van der Waals surface area contributed by atoms with Crippen LogP contribution in [0.3, 0.4) is 0 Å². The Morgan fingerprint density at radius 1 is 0.361 bits per heavy atom. The summed E-state index contributed by atoms with van der Waals surface area (Å²) in [6.45, 7) is 8.15.